The minimum absolute atomic E-state index is 0.117. The van der Waals surface area contributed by atoms with Gasteiger partial charge in [-0.2, -0.15) is 0 Å². The standard InChI is InChI=1S/C13H18N2O/c1-3-13(16)14-9-10-15(2)11-12-7-5-4-6-8-12/h3-8H,1,9-11H2,2H3,(H,14,16). The van der Waals surface area contributed by atoms with Gasteiger partial charge in [0.15, 0.2) is 0 Å². The fraction of sp³-hybridized carbons (Fsp3) is 0.308. The van der Waals surface area contributed by atoms with E-state index >= 15 is 0 Å². The van der Waals surface area contributed by atoms with E-state index in [-0.39, 0.29) is 5.91 Å². The number of carbonyl (C=O) groups is 1. The van der Waals surface area contributed by atoms with Gasteiger partial charge < -0.3 is 10.2 Å². The monoisotopic (exact) mass is 218 g/mol. The summed E-state index contributed by atoms with van der Waals surface area (Å²) in [7, 11) is 2.03. The summed E-state index contributed by atoms with van der Waals surface area (Å²) in [6.45, 7) is 5.77. The molecular formula is C13H18N2O. The minimum Gasteiger partial charge on any atom is -0.351 e. The molecule has 1 amide bonds. The highest BCUT2D eigenvalue weighted by molar-refractivity contribution is 5.86. The van der Waals surface area contributed by atoms with Crippen molar-refractivity contribution < 1.29 is 4.79 Å². The lowest BCUT2D eigenvalue weighted by Gasteiger charge is -2.16. The normalized spacial score (nSPS) is 10.1. The molecule has 3 heteroatoms. The van der Waals surface area contributed by atoms with Gasteiger partial charge in [-0.3, -0.25) is 4.79 Å². The third-order valence-corrected chi connectivity index (χ3v) is 2.27. The Hall–Kier alpha value is -1.61. The number of likely N-dealkylation sites (N-methyl/N-ethyl adjacent to an activating group) is 1. The second-order valence-electron chi connectivity index (χ2n) is 3.72. The van der Waals surface area contributed by atoms with Gasteiger partial charge in [-0.1, -0.05) is 36.9 Å². The fourth-order valence-electron chi connectivity index (χ4n) is 1.42. The van der Waals surface area contributed by atoms with E-state index in [4.69, 9.17) is 0 Å². The number of rotatable bonds is 6. The van der Waals surface area contributed by atoms with Crippen LogP contribution in [-0.2, 0) is 11.3 Å². The van der Waals surface area contributed by atoms with Gasteiger partial charge in [-0.05, 0) is 18.7 Å². The highest BCUT2D eigenvalue weighted by atomic mass is 16.1. The first-order valence-electron chi connectivity index (χ1n) is 5.35. The summed E-state index contributed by atoms with van der Waals surface area (Å²) in [4.78, 5) is 13.1. The first-order chi connectivity index (χ1) is 7.72. The van der Waals surface area contributed by atoms with Crippen LogP contribution in [0.3, 0.4) is 0 Å². The molecule has 0 fully saturated rings. The largest absolute Gasteiger partial charge is 0.351 e. The molecule has 16 heavy (non-hydrogen) atoms. The van der Waals surface area contributed by atoms with Gasteiger partial charge in [0.2, 0.25) is 5.91 Å². The summed E-state index contributed by atoms with van der Waals surface area (Å²) < 4.78 is 0. The zero-order valence-corrected chi connectivity index (χ0v) is 9.65. The molecule has 86 valence electrons. The fourth-order valence-corrected chi connectivity index (χ4v) is 1.42. The number of hydrogen-bond acceptors (Lipinski definition) is 2. The molecule has 0 bridgehead atoms. The third-order valence-electron chi connectivity index (χ3n) is 2.27. The van der Waals surface area contributed by atoms with Crippen LogP contribution in [0.15, 0.2) is 43.0 Å². The van der Waals surface area contributed by atoms with Gasteiger partial charge in [0.1, 0.15) is 0 Å². The predicted molar refractivity (Wildman–Crippen MR) is 66.0 cm³/mol. The molecule has 0 aliphatic rings. The van der Waals surface area contributed by atoms with Crippen molar-refractivity contribution in [2.45, 2.75) is 6.54 Å². The van der Waals surface area contributed by atoms with Crippen LogP contribution >= 0.6 is 0 Å². The van der Waals surface area contributed by atoms with Gasteiger partial charge in [0, 0.05) is 19.6 Å². The lowest BCUT2D eigenvalue weighted by atomic mass is 10.2. The number of benzene rings is 1. The molecule has 0 atom stereocenters. The highest BCUT2D eigenvalue weighted by Gasteiger charge is 2.00. The molecule has 0 unspecified atom stereocenters. The Morgan fingerprint density at radius 2 is 2.12 bits per heavy atom. The maximum atomic E-state index is 10.9. The van der Waals surface area contributed by atoms with E-state index in [1.807, 2.05) is 25.2 Å². The molecule has 0 radical (unpaired) electrons. The Bertz CT molecular complexity index is 335. The third kappa shape index (κ3) is 4.75. The van der Waals surface area contributed by atoms with E-state index in [2.05, 4.69) is 28.9 Å². The first-order valence-corrected chi connectivity index (χ1v) is 5.35. The Labute approximate surface area is 96.8 Å². The molecule has 1 rings (SSSR count). The average Bonchev–Trinajstić information content (AvgIpc) is 2.30. The van der Waals surface area contributed by atoms with Crippen LogP contribution in [0.2, 0.25) is 0 Å². The summed E-state index contributed by atoms with van der Waals surface area (Å²) in [5, 5.41) is 2.75. The lowest BCUT2D eigenvalue weighted by molar-refractivity contribution is -0.116. The van der Waals surface area contributed by atoms with Crippen LogP contribution in [0.5, 0.6) is 0 Å². The van der Waals surface area contributed by atoms with Crippen molar-refractivity contribution in [1.29, 1.82) is 0 Å². The second kappa shape index (κ2) is 6.80. The first kappa shape index (κ1) is 12.5. The van der Waals surface area contributed by atoms with Crippen LogP contribution in [0.4, 0.5) is 0 Å². The van der Waals surface area contributed by atoms with Crippen molar-refractivity contribution in [1.82, 2.24) is 10.2 Å². The van der Waals surface area contributed by atoms with Crippen molar-refractivity contribution in [3.63, 3.8) is 0 Å². The van der Waals surface area contributed by atoms with Gasteiger partial charge >= 0.3 is 0 Å². The smallest absolute Gasteiger partial charge is 0.243 e. The maximum Gasteiger partial charge on any atom is 0.243 e. The summed E-state index contributed by atoms with van der Waals surface area (Å²) in [5.74, 6) is -0.117. The average molecular weight is 218 g/mol. The molecule has 0 aliphatic heterocycles. The molecule has 0 saturated heterocycles. The Balaban J connectivity index is 2.23. The SMILES string of the molecule is C=CC(=O)NCCN(C)Cc1ccccc1. The molecule has 0 aliphatic carbocycles. The summed E-state index contributed by atoms with van der Waals surface area (Å²) in [5.41, 5.74) is 1.28. The minimum atomic E-state index is -0.117. The molecule has 0 aromatic heterocycles. The van der Waals surface area contributed by atoms with Crippen molar-refractivity contribution in [3.8, 4) is 0 Å². The van der Waals surface area contributed by atoms with E-state index in [0.29, 0.717) is 6.54 Å². The highest BCUT2D eigenvalue weighted by Crippen LogP contribution is 2.01. The summed E-state index contributed by atoms with van der Waals surface area (Å²) >= 11 is 0. The van der Waals surface area contributed by atoms with E-state index in [1.165, 1.54) is 11.6 Å². The van der Waals surface area contributed by atoms with Crippen LogP contribution in [0.1, 0.15) is 5.56 Å². The predicted octanol–water partition coefficient (Wildman–Crippen LogP) is 1.42. The van der Waals surface area contributed by atoms with E-state index in [9.17, 15) is 4.79 Å². The molecular weight excluding hydrogens is 200 g/mol. The maximum absolute atomic E-state index is 10.9. The van der Waals surface area contributed by atoms with E-state index in [1.54, 1.807) is 0 Å². The molecule has 1 aromatic carbocycles. The quantitative estimate of drug-likeness (QED) is 0.732. The van der Waals surface area contributed by atoms with Crippen LogP contribution in [-0.4, -0.2) is 30.9 Å². The van der Waals surface area contributed by atoms with Crippen molar-refractivity contribution in [3.05, 3.63) is 48.6 Å². The molecule has 1 aromatic rings. The van der Waals surface area contributed by atoms with Gasteiger partial charge in [0.05, 0.1) is 0 Å². The van der Waals surface area contributed by atoms with Crippen molar-refractivity contribution in [2.24, 2.45) is 0 Å². The second-order valence-corrected chi connectivity index (χ2v) is 3.72. The zero-order chi connectivity index (χ0) is 11.8. The molecule has 3 nitrogen and oxygen atoms in total. The molecule has 0 heterocycles. The topological polar surface area (TPSA) is 32.3 Å². The van der Waals surface area contributed by atoms with Gasteiger partial charge in [-0.15, -0.1) is 0 Å². The number of nitrogens with one attached hydrogen (secondary N) is 1. The number of amides is 1. The summed E-state index contributed by atoms with van der Waals surface area (Å²) in [6, 6.07) is 10.3. The molecule has 0 spiro atoms. The van der Waals surface area contributed by atoms with Crippen LogP contribution in [0.25, 0.3) is 0 Å². The zero-order valence-electron chi connectivity index (χ0n) is 9.65. The van der Waals surface area contributed by atoms with E-state index < -0.39 is 0 Å². The lowest BCUT2D eigenvalue weighted by Crippen LogP contribution is -2.31. The Kier molecular flexibility index (Phi) is 5.29. The molecule has 1 N–H and O–H groups in total. The Morgan fingerprint density at radius 1 is 1.44 bits per heavy atom. The number of hydrogen-bond donors (Lipinski definition) is 1. The summed E-state index contributed by atoms with van der Waals surface area (Å²) in [6.07, 6.45) is 1.29. The number of nitrogens with zero attached hydrogens (tertiary/aromatic N) is 1. The van der Waals surface area contributed by atoms with Gasteiger partial charge in [0.25, 0.3) is 0 Å². The van der Waals surface area contributed by atoms with Crippen LogP contribution < -0.4 is 5.32 Å². The Morgan fingerprint density at radius 3 is 2.75 bits per heavy atom. The molecule has 0 saturated carbocycles. The van der Waals surface area contributed by atoms with Gasteiger partial charge in [-0.25, -0.2) is 0 Å². The van der Waals surface area contributed by atoms with E-state index in [0.717, 1.165) is 13.1 Å². The number of carbonyl (C=O) groups excluding carboxylic acids is 1. The van der Waals surface area contributed by atoms with Crippen molar-refractivity contribution >= 4 is 5.91 Å². The van der Waals surface area contributed by atoms with Crippen LogP contribution in [0, 0.1) is 0 Å². The van der Waals surface area contributed by atoms with Crippen molar-refractivity contribution in [2.75, 3.05) is 20.1 Å².